The Morgan fingerprint density at radius 2 is 1.83 bits per heavy atom. The first-order valence-electron chi connectivity index (χ1n) is 4.04. The first-order valence-corrected chi connectivity index (χ1v) is 4.04. The zero-order chi connectivity index (χ0) is 8.81. The Hall–Kier alpha value is -1.26. The number of benzene rings is 1. The molecular weight excluding hydrogens is 146 g/mol. The molecule has 0 atom stereocenters. The SMILES string of the molecule is Cc1ccc(CC#CCN)cc1. The summed E-state index contributed by atoms with van der Waals surface area (Å²) in [5.41, 5.74) is 7.78. The van der Waals surface area contributed by atoms with Crippen molar-refractivity contribution in [2.45, 2.75) is 13.3 Å². The van der Waals surface area contributed by atoms with Crippen LogP contribution in [0.15, 0.2) is 24.3 Å². The van der Waals surface area contributed by atoms with Gasteiger partial charge in [0.25, 0.3) is 0 Å². The van der Waals surface area contributed by atoms with E-state index in [9.17, 15) is 0 Å². The summed E-state index contributed by atoms with van der Waals surface area (Å²) in [6, 6.07) is 8.39. The van der Waals surface area contributed by atoms with Crippen LogP contribution in [-0.4, -0.2) is 6.54 Å². The molecule has 2 N–H and O–H groups in total. The second-order valence-corrected chi connectivity index (χ2v) is 2.72. The standard InChI is InChI=1S/C11H13N/c1-10-5-7-11(8-6-10)4-2-3-9-12/h5-8H,4,9,12H2,1H3. The first-order chi connectivity index (χ1) is 5.83. The monoisotopic (exact) mass is 159 g/mol. The molecule has 0 aliphatic rings. The summed E-state index contributed by atoms with van der Waals surface area (Å²) >= 11 is 0. The molecule has 0 radical (unpaired) electrons. The van der Waals surface area contributed by atoms with Crippen LogP contribution >= 0.6 is 0 Å². The largest absolute Gasteiger partial charge is 0.320 e. The number of nitrogens with two attached hydrogens (primary N) is 1. The zero-order valence-electron chi connectivity index (χ0n) is 7.30. The third-order valence-electron chi connectivity index (χ3n) is 1.64. The lowest BCUT2D eigenvalue weighted by atomic mass is 10.1. The van der Waals surface area contributed by atoms with Crippen molar-refractivity contribution >= 4 is 0 Å². The van der Waals surface area contributed by atoms with Gasteiger partial charge in [0.1, 0.15) is 0 Å². The molecule has 0 aliphatic carbocycles. The molecule has 12 heavy (non-hydrogen) atoms. The Morgan fingerprint density at radius 1 is 1.17 bits per heavy atom. The molecule has 0 spiro atoms. The van der Waals surface area contributed by atoms with Gasteiger partial charge in [-0.25, -0.2) is 0 Å². The highest BCUT2D eigenvalue weighted by Gasteiger charge is 1.87. The maximum absolute atomic E-state index is 5.24. The topological polar surface area (TPSA) is 26.0 Å². The summed E-state index contributed by atoms with van der Waals surface area (Å²) in [6.45, 7) is 2.53. The third kappa shape index (κ3) is 2.77. The molecule has 0 bridgehead atoms. The fraction of sp³-hybridized carbons (Fsp3) is 0.273. The Morgan fingerprint density at radius 3 is 2.42 bits per heavy atom. The van der Waals surface area contributed by atoms with E-state index in [2.05, 4.69) is 43.0 Å². The van der Waals surface area contributed by atoms with Crippen LogP contribution in [-0.2, 0) is 6.42 Å². The van der Waals surface area contributed by atoms with E-state index in [0.29, 0.717) is 6.54 Å². The number of rotatable bonds is 1. The number of aryl methyl sites for hydroxylation is 1. The van der Waals surface area contributed by atoms with E-state index in [0.717, 1.165) is 6.42 Å². The van der Waals surface area contributed by atoms with Crippen LogP contribution in [0.2, 0.25) is 0 Å². The van der Waals surface area contributed by atoms with E-state index < -0.39 is 0 Å². The van der Waals surface area contributed by atoms with Gasteiger partial charge < -0.3 is 5.73 Å². The number of hydrogen-bond donors (Lipinski definition) is 1. The molecule has 0 aromatic heterocycles. The summed E-state index contributed by atoms with van der Waals surface area (Å²) in [7, 11) is 0. The first kappa shape index (κ1) is 8.83. The van der Waals surface area contributed by atoms with Crippen molar-refractivity contribution in [1.29, 1.82) is 0 Å². The lowest BCUT2D eigenvalue weighted by molar-refractivity contribution is 1.26. The van der Waals surface area contributed by atoms with Crippen LogP contribution in [0.1, 0.15) is 11.1 Å². The molecule has 1 heteroatoms. The molecule has 1 rings (SSSR count). The van der Waals surface area contributed by atoms with Crippen molar-refractivity contribution in [1.82, 2.24) is 0 Å². The van der Waals surface area contributed by atoms with Crippen molar-refractivity contribution < 1.29 is 0 Å². The summed E-state index contributed by atoms with van der Waals surface area (Å²) in [5.74, 6) is 5.83. The van der Waals surface area contributed by atoms with Crippen LogP contribution in [0.5, 0.6) is 0 Å². The van der Waals surface area contributed by atoms with E-state index >= 15 is 0 Å². The predicted molar refractivity (Wildman–Crippen MR) is 51.7 cm³/mol. The summed E-state index contributed by atoms with van der Waals surface area (Å²) < 4.78 is 0. The van der Waals surface area contributed by atoms with Gasteiger partial charge in [0.05, 0.1) is 6.54 Å². The molecule has 1 aromatic rings. The van der Waals surface area contributed by atoms with Crippen LogP contribution in [0.4, 0.5) is 0 Å². The molecule has 0 amide bonds. The fourth-order valence-electron chi connectivity index (χ4n) is 0.943. The van der Waals surface area contributed by atoms with Gasteiger partial charge >= 0.3 is 0 Å². The van der Waals surface area contributed by atoms with E-state index in [1.165, 1.54) is 11.1 Å². The molecule has 0 saturated heterocycles. The smallest absolute Gasteiger partial charge is 0.0551 e. The molecule has 0 fully saturated rings. The van der Waals surface area contributed by atoms with Gasteiger partial charge in [-0.05, 0) is 12.5 Å². The fourth-order valence-corrected chi connectivity index (χ4v) is 0.943. The molecule has 1 nitrogen and oxygen atoms in total. The summed E-state index contributed by atoms with van der Waals surface area (Å²) in [4.78, 5) is 0. The molecule has 0 heterocycles. The molecule has 0 unspecified atom stereocenters. The van der Waals surface area contributed by atoms with Crippen molar-refractivity contribution in [3.63, 3.8) is 0 Å². The quantitative estimate of drug-likeness (QED) is 0.617. The molecule has 1 aromatic carbocycles. The second-order valence-electron chi connectivity index (χ2n) is 2.72. The Bertz CT molecular complexity index is 287. The van der Waals surface area contributed by atoms with Gasteiger partial charge in [-0.15, -0.1) is 0 Å². The van der Waals surface area contributed by atoms with Gasteiger partial charge in [0.15, 0.2) is 0 Å². The third-order valence-corrected chi connectivity index (χ3v) is 1.64. The second kappa shape index (κ2) is 4.58. The zero-order valence-corrected chi connectivity index (χ0v) is 7.30. The predicted octanol–water partition coefficient (Wildman–Crippen LogP) is 1.50. The molecule has 0 saturated carbocycles. The van der Waals surface area contributed by atoms with E-state index in [4.69, 9.17) is 5.73 Å². The van der Waals surface area contributed by atoms with Crippen LogP contribution in [0.25, 0.3) is 0 Å². The highest BCUT2D eigenvalue weighted by molar-refractivity contribution is 5.25. The van der Waals surface area contributed by atoms with Crippen LogP contribution < -0.4 is 5.73 Å². The Labute approximate surface area is 73.6 Å². The van der Waals surface area contributed by atoms with Gasteiger partial charge in [0.2, 0.25) is 0 Å². The van der Waals surface area contributed by atoms with E-state index in [-0.39, 0.29) is 0 Å². The number of hydrogen-bond acceptors (Lipinski definition) is 1. The normalized spacial score (nSPS) is 8.83. The van der Waals surface area contributed by atoms with E-state index in [1.54, 1.807) is 0 Å². The van der Waals surface area contributed by atoms with Gasteiger partial charge in [-0.2, -0.15) is 0 Å². The molecule has 0 aliphatic heterocycles. The van der Waals surface area contributed by atoms with Gasteiger partial charge in [0, 0.05) is 6.42 Å². The average Bonchev–Trinajstić information content (AvgIpc) is 2.09. The summed E-state index contributed by atoms with van der Waals surface area (Å²) in [6.07, 6.45) is 0.803. The average molecular weight is 159 g/mol. The minimum atomic E-state index is 0.450. The van der Waals surface area contributed by atoms with Crippen LogP contribution in [0, 0.1) is 18.8 Å². The van der Waals surface area contributed by atoms with Crippen LogP contribution in [0.3, 0.4) is 0 Å². The maximum atomic E-state index is 5.24. The van der Waals surface area contributed by atoms with Crippen molar-refractivity contribution in [2.75, 3.05) is 6.54 Å². The summed E-state index contributed by atoms with van der Waals surface area (Å²) in [5, 5.41) is 0. The van der Waals surface area contributed by atoms with Crippen molar-refractivity contribution in [3.8, 4) is 11.8 Å². The lowest BCUT2D eigenvalue weighted by Gasteiger charge is -1.94. The minimum Gasteiger partial charge on any atom is -0.320 e. The van der Waals surface area contributed by atoms with Crippen molar-refractivity contribution in [2.24, 2.45) is 5.73 Å². The lowest BCUT2D eigenvalue weighted by Crippen LogP contribution is -1.93. The highest BCUT2D eigenvalue weighted by atomic mass is 14.5. The van der Waals surface area contributed by atoms with Gasteiger partial charge in [-0.3, -0.25) is 0 Å². The van der Waals surface area contributed by atoms with Crippen molar-refractivity contribution in [3.05, 3.63) is 35.4 Å². The minimum absolute atomic E-state index is 0.450. The van der Waals surface area contributed by atoms with E-state index in [1.807, 2.05) is 0 Å². The maximum Gasteiger partial charge on any atom is 0.0551 e. The molecule has 62 valence electrons. The Balaban J connectivity index is 2.59. The van der Waals surface area contributed by atoms with Gasteiger partial charge in [-0.1, -0.05) is 41.7 Å². The highest BCUT2D eigenvalue weighted by Crippen LogP contribution is 2.02. The molecular formula is C11H13N. The Kier molecular flexibility index (Phi) is 3.37.